The summed E-state index contributed by atoms with van der Waals surface area (Å²) in [6, 6.07) is 6.93. The quantitative estimate of drug-likeness (QED) is 0.597. The predicted molar refractivity (Wildman–Crippen MR) is 77.3 cm³/mol. The number of carbonyl (C=O) groups is 2. The van der Waals surface area contributed by atoms with Gasteiger partial charge in [0, 0.05) is 11.1 Å². The van der Waals surface area contributed by atoms with Crippen LogP contribution in [0.25, 0.3) is 5.57 Å². The predicted octanol–water partition coefficient (Wildman–Crippen LogP) is 3.24. The molecule has 5 heteroatoms. The highest BCUT2D eigenvalue weighted by Gasteiger charge is 2.12. The molecule has 1 rings (SSSR count). The van der Waals surface area contributed by atoms with Crippen LogP contribution in [0.2, 0.25) is 5.02 Å². The molecule has 1 aromatic carbocycles. The first-order chi connectivity index (χ1) is 9.56. The minimum atomic E-state index is -0.494. The van der Waals surface area contributed by atoms with E-state index in [0.717, 1.165) is 0 Å². The summed E-state index contributed by atoms with van der Waals surface area (Å²) in [7, 11) is 0. The standard InChI is InChI=1S/C15H17ClO4/c1-3-19-14(17)9-12(10-15(18)20-4-2)11-6-5-7-13(16)8-11/h5-9H,3-4,10H2,1-2H3. The fourth-order valence-electron chi connectivity index (χ4n) is 1.62. The molecule has 0 saturated heterocycles. The monoisotopic (exact) mass is 296 g/mol. The lowest BCUT2D eigenvalue weighted by molar-refractivity contribution is -0.141. The molecule has 0 N–H and O–H groups in total. The third kappa shape index (κ3) is 5.45. The third-order valence-corrected chi connectivity index (χ3v) is 2.65. The topological polar surface area (TPSA) is 52.6 Å². The fraction of sp³-hybridized carbons (Fsp3) is 0.333. The van der Waals surface area contributed by atoms with Crippen molar-refractivity contribution in [1.29, 1.82) is 0 Å². The van der Waals surface area contributed by atoms with Gasteiger partial charge in [0.2, 0.25) is 0 Å². The summed E-state index contributed by atoms with van der Waals surface area (Å²) in [6.07, 6.45) is 1.29. The van der Waals surface area contributed by atoms with Gasteiger partial charge in [-0.3, -0.25) is 4.79 Å². The van der Waals surface area contributed by atoms with Crippen molar-refractivity contribution in [3.63, 3.8) is 0 Å². The Morgan fingerprint density at radius 3 is 2.50 bits per heavy atom. The normalized spacial score (nSPS) is 11.1. The van der Waals surface area contributed by atoms with Crippen molar-refractivity contribution in [3.8, 4) is 0 Å². The molecular weight excluding hydrogens is 280 g/mol. The first-order valence-electron chi connectivity index (χ1n) is 6.35. The summed E-state index contributed by atoms with van der Waals surface area (Å²) in [4.78, 5) is 23.2. The number of carbonyl (C=O) groups excluding carboxylic acids is 2. The molecule has 4 nitrogen and oxygen atoms in total. The van der Waals surface area contributed by atoms with E-state index in [0.29, 0.717) is 22.8 Å². The Bertz CT molecular complexity index is 508. The average Bonchev–Trinajstić information content (AvgIpc) is 2.38. The van der Waals surface area contributed by atoms with Crippen LogP contribution in [0.1, 0.15) is 25.8 Å². The van der Waals surface area contributed by atoms with Crippen LogP contribution >= 0.6 is 11.6 Å². The summed E-state index contributed by atoms with van der Waals surface area (Å²) >= 11 is 5.92. The molecule has 0 spiro atoms. The second-order valence-electron chi connectivity index (χ2n) is 3.91. The van der Waals surface area contributed by atoms with E-state index < -0.39 is 11.9 Å². The van der Waals surface area contributed by atoms with Gasteiger partial charge in [-0.05, 0) is 37.1 Å². The smallest absolute Gasteiger partial charge is 0.331 e. The average molecular weight is 297 g/mol. The molecule has 0 saturated carbocycles. The number of benzene rings is 1. The summed E-state index contributed by atoms with van der Waals surface area (Å²) in [5, 5.41) is 0.529. The minimum Gasteiger partial charge on any atom is -0.466 e. The Labute approximate surface area is 123 Å². The number of esters is 2. The molecule has 0 amide bonds. The third-order valence-electron chi connectivity index (χ3n) is 2.41. The van der Waals surface area contributed by atoms with E-state index in [1.165, 1.54) is 6.08 Å². The lowest BCUT2D eigenvalue weighted by Gasteiger charge is -2.08. The van der Waals surface area contributed by atoms with Gasteiger partial charge in [-0.15, -0.1) is 0 Å². The van der Waals surface area contributed by atoms with Gasteiger partial charge in [0.05, 0.1) is 19.6 Å². The van der Waals surface area contributed by atoms with E-state index in [1.54, 1.807) is 38.1 Å². The zero-order valence-electron chi connectivity index (χ0n) is 11.5. The highest BCUT2D eigenvalue weighted by atomic mass is 35.5. The molecule has 0 aliphatic carbocycles. The van der Waals surface area contributed by atoms with Gasteiger partial charge in [0.1, 0.15) is 0 Å². The highest BCUT2D eigenvalue weighted by Crippen LogP contribution is 2.22. The van der Waals surface area contributed by atoms with E-state index in [4.69, 9.17) is 21.1 Å². The maximum Gasteiger partial charge on any atom is 0.331 e. The fourth-order valence-corrected chi connectivity index (χ4v) is 1.81. The van der Waals surface area contributed by atoms with Crippen LogP contribution in [0.4, 0.5) is 0 Å². The van der Waals surface area contributed by atoms with Gasteiger partial charge in [-0.25, -0.2) is 4.79 Å². The summed E-state index contributed by atoms with van der Waals surface area (Å²) in [6.45, 7) is 4.01. The van der Waals surface area contributed by atoms with Crippen LogP contribution in [0.3, 0.4) is 0 Å². The molecule has 0 fully saturated rings. The van der Waals surface area contributed by atoms with Crippen LogP contribution in [0.5, 0.6) is 0 Å². The molecule has 1 aromatic rings. The summed E-state index contributed by atoms with van der Waals surface area (Å²) in [5.41, 5.74) is 1.21. The molecule has 0 heterocycles. The Hall–Kier alpha value is -1.81. The first-order valence-corrected chi connectivity index (χ1v) is 6.73. The molecule has 0 bridgehead atoms. The van der Waals surface area contributed by atoms with Gasteiger partial charge in [-0.1, -0.05) is 23.7 Å². The largest absolute Gasteiger partial charge is 0.466 e. The zero-order chi connectivity index (χ0) is 15.0. The Morgan fingerprint density at radius 1 is 1.20 bits per heavy atom. The van der Waals surface area contributed by atoms with E-state index >= 15 is 0 Å². The molecule has 20 heavy (non-hydrogen) atoms. The second-order valence-corrected chi connectivity index (χ2v) is 4.35. The van der Waals surface area contributed by atoms with E-state index in [1.807, 2.05) is 0 Å². The molecule has 108 valence electrons. The number of hydrogen-bond donors (Lipinski definition) is 0. The summed E-state index contributed by atoms with van der Waals surface area (Å²) in [5.74, 6) is -0.894. The van der Waals surface area contributed by atoms with Crippen molar-refractivity contribution in [2.45, 2.75) is 20.3 Å². The lowest BCUT2D eigenvalue weighted by Crippen LogP contribution is -2.07. The second kappa shape index (κ2) is 8.38. The van der Waals surface area contributed by atoms with Gasteiger partial charge < -0.3 is 9.47 Å². The molecule has 0 radical (unpaired) electrons. The van der Waals surface area contributed by atoms with Gasteiger partial charge in [-0.2, -0.15) is 0 Å². The molecule has 0 atom stereocenters. The maximum absolute atomic E-state index is 11.6. The molecule has 0 aliphatic rings. The van der Waals surface area contributed by atoms with E-state index in [-0.39, 0.29) is 13.0 Å². The number of hydrogen-bond acceptors (Lipinski definition) is 4. The molecule has 0 aliphatic heterocycles. The number of halogens is 1. The Balaban J connectivity index is 3.00. The number of ether oxygens (including phenoxy) is 2. The van der Waals surface area contributed by atoms with Gasteiger partial charge in [0.25, 0.3) is 0 Å². The van der Waals surface area contributed by atoms with Crippen LogP contribution in [0.15, 0.2) is 30.3 Å². The Morgan fingerprint density at radius 2 is 1.90 bits per heavy atom. The highest BCUT2D eigenvalue weighted by molar-refractivity contribution is 6.30. The molecule has 0 aromatic heterocycles. The Kier molecular flexibility index (Phi) is 6.81. The van der Waals surface area contributed by atoms with Gasteiger partial charge >= 0.3 is 11.9 Å². The molecular formula is C15H17ClO4. The number of rotatable bonds is 6. The minimum absolute atomic E-state index is 0.00695. The van der Waals surface area contributed by atoms with E-state index in [2.05, 4.69) is 0 Å². The van der Waals surface area contributed by atoms with Crippen LogP contribution in [-0.4, -0.2) is 25.2 Å². The first kappa shape index (κ1) is 16.2. The lowest BCUT2D eigenvalue weighted by atomic mass is 10.0. The maximum atomic E-state index is 11.6. The van der Waals surface area contributed by atoms with Crippen molar-refractivity contribution in [3.05, 3.63) is 40.9 Å². The van der Waals surface area contributed by atoms with Crippen molar-refractivity contribution in [1.82, 2.24) is 0 Å². The van der Waals surface area contributed by atoms with Crippen molar-refractivity contribution < 1.29 is 19.1 Å². The van der Waals surface area contributed by atoms with Gasteiger partial charge in [0.15, 0.2) is 0 Å². The van der Waals surface area contributed by atoms with Crippen molar-refractivity contribution >= 4 is 29.1 Å². The molecule has 0 unspecified atom stereocenters. The van der Waals surface area contributed by atoms with Crippen LogP contribution in [-0.2, 0) is 19.1 Å². The summed E-state index contributed by atoms with van der Waals surface area (Å²) < 4.78 is 9.77. The van der Waals surface area contributed by atoms with Crippen LogP contribution in [0, 0.1) is 0 Å². The van der Waals surface area contributed by atoms with E-state index in [9.17, 15) is 9.59 Å². The van der Waals surface area contributed by atoms with Crippen molar-refractivity contribution in [2.75, 3.05) is 13.2 Å². The SMILES string of the molecule is CCOC(=O)C=C(CC(=O)OCC)c1cccc(Cl)c1. The zero-order valence-corrected chi connectivity index (χ0v) is 12.3. The van der Waals surface area contributed by atoms with Crippen LogP contribution < -0.4 is 0 Å². The van der Waals surface area contributed by atoms with Crippen molar-refractivity contribution in [2.24, 2.45) is 0 Å².